The molecule has 28 heavy (non-hydrogen) atoms. The highest BCUT2D eigenvalue weighted by Gasteiger charge is 2.45. The molecule has 1 fully saturated rings. The van der Waals surface area contributed by atoms with Crippen LogP contribution in [0.4, 0.5) is 0 Å². The number of hydrogen-bond donors (Lipinski definition) is 6. The zero-order valence-corrected chi connectivity index (χ0v) is 15.0. The lowest BCUT2D eigenvalue weighted by Crippen LogP contribution is -2.38. The number of aliphatic hydroxyl groups is 2. The zero-order valence-electron chi connectivity index (χ0n) is 14.1. The van der Waals surface area contributed by atoms with Gasteiger partial charge in [0.25, 0.3) is 5.56 Å². The van der Waals surface area contributed by atoms with Gasteiger partial charge in [-0.05, 0) is 17.7 Å². The maximum absolute atomic E-state index is 12.2. The summed E-state index contributed by atoms with van der Waals surface area (Å²) >= 11 is 0. The lowest BCUT2D eigenvalue weighted by atomic mass is 10.1. The van der Waals surface area contributed by atoms with Gasteiger partial charge in [0.1, 0.15) is 24.1 Å². The van der Waals surface area contributed by atoms with Crippen molar-refractivity contribution >= 4 is 7.82 Å². The van der Waals surface area contributed by atoms with Crippen molar-refractivity contribution in [1.82, 2.24) is 9.55 Å². The molecule has 2 heterocycles. The van der Waals surface area contributed by atoms with Gasteiger partial charge in [-0.3, -0.25) is 18.9 Å². The molecule has 1 aromatic heterocycles. The molecule has 1 saturated heterocycles. The minimum absolute atomic E-state index is 0.0179. The van der Waals surface area contributed by atoms with Crippen LogP contribution < -0.4 is 11.2 Å². The number of H-pyrrole nitrogens is 1. The van der Waals surface area contributed by atoms with E-state index in [1.54, 1.807) is 0 Å². The van der Waals surface area contributed by atoms with Gasteiger partial charge in [-0.2, -0.15) is 0 Å². The number of aromatic nitrogens is 2. The first-order valence-electron chi connectivity index (χ1n) is 7.93. The molecule has 3 rings (SSSR count). The van der Waals surface area contributed by atoms with Gasteiger partial charge in [-0.25, -0.2) is 9.36 Å². The molecule has 4 atom stereocenters. The normalized spacial score (nSPS) is 25.1. The summed E-state index contributed by atoms with van der Waals surface area (Å²) < 4.78 is 21.2. The summed E-state index contributed by atoms with van der Waals surface area (Å²) in [4.78, 5) is 43.9. The highest BCUT2D eigenvalue weighted by atomic mass is 31.2. The number of phosphoric ester groups is 1. The van der Waals surface area contributed by atoms with Crippen LogP contribution in [0.25, 0.3) is 11.1 Å². The monoisotopic (exact) mass is 416 g/mol. The SMILES string of the molecule is O=c1[nH]c(=O)n([C@@H]2O[C@H](COP(=O)(O)O)[C@@H](O)[C@H]2O)cc1-c1cccc(O)c1. The molecular formula is C15H17N2O10P. The van der Waals surface area contributed by atoms with Gasteiger partial charge >= 0.3 is 13.5 Å². The van der Waals surface area contributed by atoms with Gasteiger partial charge in [0, 0.05) is 6.20 Å². The lowest BCUT2D eigenvalue weighted by molar-refractivity contribution is -0.0542. The molecule has 0 saturated carbocycles. The van der Waals surface area contributed by atoms with Crippen molar-refractivity contribution in [1.29, 1.82) is 0 Å². The second-order valence-electron chi connectivity index (χ2n) is 6.09. The zero-order chi connectivity index (χ0) is 20.6. The van der Waals surface area contributed by atoms with Gasteiger partial charge < -0.3 is 29.8 Å². The van der Waals surface area contributed by atoms with Crippen LogP contribution in [0.5, 0.6) is 5.75 Å². The van der Waals surface area contributed by atoms with Gasteiger partial charge in [-0.1, -0.05) is 12.1 Å². The number of aromatic hydroxyl groups is 1. The van der Waals surface area contributed by atoms with E-state index in [4.69, 9.17) is 14.5 Å². The average molecular weight is 416 g/mol. The third-order valence-electron chi connectivity index (χ3n) is 4.14. The number of benzene rings is 1. The summed E-state index contributed by atoms with van der Waals surface area (Å²) in [6.45, 7) is -0.740. The minimum Gasteiger partial charge on any atom is -0.508 e. The summed E-state index contributed by atoms with van der Waals surface area (Å²) in [7, 11) is -4.84. The first kappa shape index (κ1) is 20.4. The number of nitrogens with zero attached hydrogens (tertiary/aromatic N) is 1. The Labute approximate surface area is 156 Å². The number of aliphatic hydroxyl groups excluding tert-OH is 2. The van der Waals surface area contributed by atoms with Crippen molar-refractivity contribution in [2.45, 2.75) is 24.5 Å². The van der Waals surface area contributed by atoms with Crippen LogP contribution in [-0.2, 0) is 13.8 Å². The molecule has 6 N–H and O–H groups in total. The molecular weight excluding hydrogens is 399 g/mol. The van der Waals surface area contributed by atoms with E-state index in [9.17, 15) is 29.5 Å². The Morgan fingerprint density at radius 1 is 1.21 bits per heavy atom. The van der Waals surface area contributed by atoms with Gasteiger partial charge in [0.15, 0.2) is 6.23 Å². The van der Waals surface area contributed by atoms with Crippen LogP contribution in [0, 0.1) is 0 Å². The molecule has 2 aromatic rings. The van der Waals surface area contributed by atoms with Crippen molar-refractivity contribution < 1.29 is 38.9 Å². The van der Waals surface area contributed by atoms with Crippen molar-refractivity contribution in [2.24, 2.45) is 0 Å². The van der Waals surface area contributed by atoms with Crippen LogP contribution in [0.15, 0.2) is 40.1 Å². The van der Waals surface area contributed by atoms with Crippen LogP contribution in [-0.4, -0.2) is 59.6 Å². The standard InChI is InChI=1S/C15H17N2O10P/c18-8-3-1-2-7(4-8)9-5-17(15(22)16-13(9)21)14-12(20)11(19)10(27-14)6-26-28(23,24)25/h1-5,10-12,14,18-20H,6H2,(H,16,21,22)(H2,23,24,25)/t10-,11-,12-,14-/m1/s1. The molecule has 0 aliphatic carbocycles. The number of phosphoric acid groups is 1. The quantitative estimate of drug-likeness (QED) is 0.317. The molecule has 1 aliphatic rings. The van der Waals surface area contributed by atoms with Gasteiger partial charge in [0.2, 0.25) is 0 Å². The molecule has 0 unspecified atom stereocenters. The van der Waals surface area contributed by atoms with Crippen LogP contribution in [0.1, 0.15) is 6.23 Å². The van der Waals surface area contributed by atoms with Crippen LogP contribution >= 0.6 is 7.82 Å². The van der Waals surface area contributed by atoms with Crippen molar-refractivity contribution in [3.05, 3.63) is 51.3 Å². The van der Waals surface area contributed by atoms with E-state index in [0.29, 0.717) is 0 Å². The predicted molar refractivity (Wildman–Crippen MR) is 92.3 cm³/mol. The first-order valence-corrected chi connectivity index (χ1v) is 9.46. The largest absolute Gasteiger partial charge is 0.508 e. The van der Waals surface area contributed by atoms with E-state index < -0.39 is 50.2 Å². The smallest absolute Gasteiger partial charge is 0.469 e. The number of ether oxygens (including phenoxy) is 1. The number of phenols is 1. The summed E-state index contributed by atoms with van der Waals surface area (Å²) in [6, 6.07) is 5.67. The Kier molecular flexibility index (Phi) is 5.55. The van der Waals surface area contributed by atoms with E-state index in [1.165, 1.54) is 24.3 Å². The number of rotatable bonds is 5. The minimum atomic E-state index is -4.84. The Balaban J connectivity index is 1.95. The van der Waals surface area contributed by atoms with Crippen LogP contribution in [0.2, 0.25) is 0 Å². The molecule has 1 aliphatic heterocycles. The third-order valence-corrected chi connectivity index (χ3v) is 4.63. The first-order chi connectivity index (χ1) is 13.1. The van der Waals surface area contributed by atoms with Gasteiger partial charge in [-0.15, -0.1) is 0 Å². The van der Waals surface area contributed by atoms with E-state index in [0.717, 1.165) is 10.8 Å². The summed E-state index contributed by atoms with van der Waals surface area (Å²) in [5.74, 6) is -0.114. The fourth-order valence-electron chi connectivity index (χ4n) is 2.82. The Hall–Kier alpha value is -2.31. The molecule has 12 nitrogen and oxygen atoms in total. The summed E-state index contributed by atoms with van der Waals surface area (Å²) in [5.41, 5.74) is -1.43. The second-order valence-corrected chi connectivity index (χ2v) is 7.33. The molecule has 0 radical (unpaired) electrons. The highest BCUT2D eigenvalue weighted by Crippen LogP contribution is 2.38. The molecule has 13 heteroatoms. The third kappa shape index (κ3) is 4.23. The van der Waals surface area contributed by atoms with Gasteiger partial charge in [0.05, 0.1) is 12.2 Å². The number of aromatic amines is 1. The topological polar surface area (TPSA) is 192 Å². The Bertz CT molecular complexity index is 1030. The van der Waals surface area contributed by atoms with E-state index in [2.05, 4.69) is 9.51 Å². The fourth-order valence-corrected chi connectivity index (χ4v) is 3.16. The molecule has 0 spiro atoms. The highest BCUT2D eigenvalue weighted by molar-refractivity contribution is 7.46. The van der Waals surface area contributed by atoms with E-state index >= 15 is 0 Å². The Morgan fingerprint density at radius 2 is 1.93 bits per heavy atom. The van der Waals surface area contributed by atoms with Crippen molar-refractivity contribution in [2.75, 3.05) is 6.61 Å². The maximum atomic E-state index is 12.2. The second kappa shape index (κ2) is 7.60. The van der Waals surface area contributed by atoms with E-state index in [-0.39, 0.29) is 16.9 Å². The van der Waals surface area contributed by atoms with E-state index in [1.807, 2.05) is 0 Å². The number of hydrogen-bond acceptors (Lipinski definition) is 8. The predicted octanol–water partition coefficient (Wildman–Crippen LogP) is -1.36. The summed E-state index contributed by atoms with van der Waals surface area (Å²) in [5, 5.41) is 29.8. The summed E-state index contributed by atoms with van der Waals surface area (Å²) in [6.07, 6.45) is -4.97. The number of phenolic OH excluding ortho intramolecular Hbond substituents is 1. The fraction of sp³-hybridized carbons (Fsp3) is 0.333. The lowest BCUT2D eigenvalue weighted by Gasteiger charge is -2.18. The molecule has 152 valence electrons. The maximum Gasteiger partial charge on any atom is 0.469 e. The average Bonchev–Trinajstić information content (AvgIpc) is 2.88. The van der Waals surface area contributed by atoms with Crippen LogP contribution in [0.3, 0.4) is 0 Å². The molecule has 0 bridgehead atoms. The van der Waals surface area contributed by atoms with Crippen molar-refractivity contribution in [3.63, 3.8) is 0 Å². The Morgan fingerprint density at radius 3 is 2.57 bits per heavy atom. The van der Waals surface area contributed by atoms with Crippen molar-refractivity contribution in [3.8, 4) is 16.9 Å². The molecule has 0 amide bonds. The number of nitrogens with one attached hydrogen (secondary N) is 1. The molecule has 1 aromatic carbocycles.